The number of rotatable bonds is 9. The Morgan fingerprint density at radius 2 is 1.02 bits per heavy atom. The zero-order valence-corrected chi connectivity index (χ0v) is 31.4. The van der Waals surface area contributed by atoms with Gasteiger partial charge in [-0.1, -0.05) is 36.4 Å². The van der Waals surface area contributed by atoms with Crippen LogP contribution in [0.4, 0.5) is 20.2 Å². The molecule has 2 amide bonds. The van der Waals surface area contributed by atoms with Gasteiger partial charge in [-0.15, -0.1) is 0 Å². The number of ether oxygens (including phenoxy) is 1. The average molecular weight is 799 g/mol. The summed E-state index contributed by atoms with van der Waals surface area (Å²) in [5, 5.41) is 14.6. The fraction of sp³-hybridized carbons (Fsp3) is 0.289. The van der Waals surface area contributed by atoms with Crippen molar-refractivity contribution in [3.05, 3.63) is 120 Å². The number of piperidine rings is 2. The first-order valence-corrected chi connectivity index (χ1v) is 20.2. The van der Waals surface area contributed by atoms with Crippen molar-refractivity contribution in [2.75, 3.05) is 36.8 Å². The van der Waals surface area contributed by atoms with Crippen molar-refractivity contribution in [2.45, 2.75) is 54.6 Å². The van der Waals surface area contributed by atoms with Gasteiger partial charge in [-0.05, 0) is 86.3 Å². The zero-order valence-electron chi connectivity index (χ0n) is 29.7. The number of nitrogens with one attached hydrogen (secondary N) is 2. The Morgan fingerprint density at radius 3 is 1.40 bits per heavy atom. The van der Waals surface area contributed by atoms with Gasteiger partial charge in [-0.25, -0.2) is 25.6 Å². The lowest BCUT2D eigenvalue weighted by Gasteiger charge is -2.30. The van der Waals surface area contributed by atoms with E-state index in [2.05, 4.69) is 10.6 Å². The molecule has 0 atom stereocenters. The number of aliphatic hydroxyl groups is 1. The highest BCUT2D eigenvalue weighted by molar-refractivity contribution is 7.89. The van der Waals surface area contributed by atoms with Crippen LogP contribution in [0.3, 0.4) is 0 Å². The Kier molecular flexibility index (Phi) is 13.5. The van der Waals surface area contributed by atoms with Crippen molar-refractivity contribution in [3.63, 3.8) is 0 Å². The number of hydrogen-bond donors (Lipinski definition) is 3. The van der Waals surface area contributed by atoms with E-state index in [1.165, 1.54) is 15.5 Å². The van der Waals surface area contributed by atoms with Crippen molar-refractivity contribution in [1.82, 2.24) is 8.61 Å². The van der Waals surface area contributed by atoms with Crippen LogP contribution in [0.1, 0.15) is 53.3 Å². The fourth-order valence-electron chi connectivity index (χ4n) is 5.92. The molecule has 0 spiro atoms. The molecule has 2 heterocycles. The average Bonchev–Trinajstić information content (AvgIpc) is 3.16. The maximum Gasteiger partial charge on any atom is 0.302 e. The lowest BCUT2D eigenvalue weighted by atomic mass is 10.1. The molecular formula is C38H40F2N4O9S2. The molecule has 2 saturated heterocycles. The number of para-hydroxylation sites is 2. The van der Waals surface area contributed by atoms with E-state index < -0.39 is 55.6 Å². The number of carbonyl (C=O) groups excluding carboxylic acids is 3. The monoisotopic (exact) mass is 798 g/mol. The van der Waals surface area contributed by atoms with Gasteiger partial charge in [0.1, 0.15) is 17.7 Å². The number of hydrogen-bond acceptors (Lipinski definition) is 9. The van der Waals surface area contributed by atoms with Gasteiger partial charge in [0, 0.05) is 44.5 Å². The smallest absolute Gasteiger partial charge is 0.302 e. The van der Waals surface area contributed by atoms with Gasteiger partial charge in [0.2, 0.25) is 20.0 Å². The number of nitrogens with zero attached hydrogens (tertiary/aromatic N) is 2. The minimum absolute atomic E-state index is 0.145. The second-order valence-electron chi connectivity index (χ2n) is 12.8. The molecule has 0 radical (unpaired) electrons. The van der Waals surface area contributed by atoms with E-state index >= 15 is 0 Å². The molecule has 0 saturated carbocycles. The summed E-state index contributed by atoms with van der Waals surface area (Å²) >= 11 is 0. The van der Waals surface area contributed by atoms with Crippen LogP contribution in [0.5, 0.6) is 0 Å². The molecule has 0 bridgehead atoms. The van der Waals surface area contributed by atoms with Crippen LogP contribution >= 0.6 is 0 Å². The van der Waals surface area contributed by atoms with Gasteiger partial charge in [0.05, 0.1) is 27.0 Å². The van der Waals surface area contributed by atoms with Crippen molar-refractivity contribution >= 4 is 49.2 Å². The van der Waals surface area contributed by atoms with Crippen LogP contribution in [-0.2, 0) is 29.6 Å². The molecule has 55 heavy (non-hydrogen) atoms. The second-order valence-corrected chi connectivity index (χ2v) is 16.6. The Balaban J connectivity index is 0.000000212. The Bertz CT molecular complexity index is 2210. The lowest BCUT2D eigenvalue weighted by Crippen LogP contribution is -2.41. The molecule has 4 aromatic carbocycles. The number of halogens is 2. The number of carbonyl (C=O) groups is 3. The van der Waals surface area contributed by atoms with E-state index in [9.17, 15) is 45.1 Å². The minimum atomic E-state index is -3.91. The molecule has 17 heteroatoms. The van der Waals surface area contributed by atoms with Crippen LogP contribution in [0.15, 0.2) is 107 Å². The fourth-order valence-corrected chi connectivity index (χ4v) is 8.92. The Hall–Kier alpha value is -5.07. The predicted molar refractivity (Wildman–Crippen MR) is 199 cm³/mol. The van der Waals surface area contributed by atoms with Crippen molar-refractivity contribution in [1.29, 1.82) is 0 Å². The summed E-state index contributed by atoms with van der Waals surface area (Å²) in [5.74, 6) is -3.48. The minimum Gasteiger partial charge on any atom is -0.462 e. The van der Waals surface area contributed by atoms with E-state index in [-0.39, 0.29) is 53.2 Å². The van der Waals surface area contributed by atoms with Gasteiger partial charge in [0.15, 0.2) is 0 Å². The highest BCUT2D eigenvalue weighted by Crippen LogP contribution is 2.26. The molecule has 13 nitrogen and oxygen atoms in total. The van der Waals surface area contributed by atoms with Crippen molar-refractivity contribution in [3.8, 4) is 0 Å². The summed E-state index contributed by atoms with van der Waals surface area (Å²) in [6.45, 7) is 2.02. The topological polar surface area (TPSA) is 179 Å². The standard InChI is InChI=1S/C20H21FN2O5S.C18H19FN2O4S/c1-14(24)28-16-9-11-23(12-10-16)29(26,27)17-7-8-19(21)18(13-17)20(25)22-15-5-3-2-4-6-15;19-17-7-6-15(26(24,25)21-10-8-14(22)9-11-21)12-16(17)18(23)20-13-4-2-1-3-5-13/h2-8,13,16H,9-12H2,1H3,(H,22,25);1-7,12,14,22H,8-11H2,(H,20,23). The molecule has 2 aliphatic rings. The van der Waals surface area contributed by atoms with E-state index in [0.717, 1.165) is 36.4 Å². The van der Waals surface area contributed by atoms with Crippen molar-refractivity contribution in [2.24, 2.45) is 0 Å². The van der Waals surface area contributed by atoms with Gasteiger partial charge >= 0.3 is 5.97 Å². The number of sulfonamides is 2. The zero-order chi connectivity index (χ0) is 39.8. The summed E-state index contributed by atoms with van der Waals surface area (Å²) in [6.07, 6.45) is 0.618. The lowest BCUT2D eigenvalue weighted by molar-refractivity contribution is -0.147. The number of benzene rings is 4. The summed E-state index contributed by atoms with van der Waals surface area (Å²) in [7, 11) is -7.77. The molecule has 0 aliphatic carbocycles. The first-order valence-electron chi connectivity index (χ1n) is 17.3. The first kappa shape index (κ1) is 41.1. The third-order valence-electron chi connectivity index (χ3n) is 8.86. The molecule has 3 N–H and O–H groups in total. The van der Waals surface area contributed by atoms with Crippen LogP contribution in [0.2, 0.25) is 0 Å². The van der Waals surface area contributed by atoms with E-state index in [4.69, 9.17) is 4.74 Å². The normalized spacial score (nSPS) is 16.0. The summed E-state index contributed by atoms with van der Waals surface area (Å²) in [6, 6.07) is 23.3. The highest BCUT2D eigenvalue weighted by atomic mass is 32.2. The molecule has 0 aromatic heterocycles. The molecular weight excluding hydrogens is 759 g/mol. The number of amides is 2. The van der Waals surface area contributed by atoms with Crippen LogP contribution < -0.4 is 10.6 Å². The summed E-state index contributed by atoms with van der Waals surface area (Å²) < 4.78 is 87.2. The van der Waals surface area contributed by atoms with Crippen LogP contribution in [0.25, 0.3) is 0 Å². The third-order valence-corrected chi connectivity index (χ3v) is 12.7. The predicted octanol–water partition coefficient (Wildman–Crippen LogP) is 5.02. The number of aliphatic hydroxyl groups excluding tert-OH is 1. The summed E-state index contributed by atoms with van der Waals surface area (Å²) in [4.78, 5) is 35.5. The van der Waals surface area contributed by atoms with E-state index in [0.29, 0.717) is 37.1 Å². The largest absolute Gasteiger partial charge is 0.462 e. The Labute approximate surface area is 318 Å². The van der Waals surface area contributed by atoms with Crippen LogP contribution in [0, 0.1) is 11.6 Å². The Morgan fingerprint density at radius 1 is 0.636 bits per heavy atom. The molecule has 6 rings (SSSR count). The van der Waals surface area contributed by atoms with Gasteiger partial charge < -0.3 is 20.5 Å². The maximum absolute atomic E-state index is 14.2. The number of esters is 1. The highest BCUT2D eigenvalue weighted by Gasteiger charge is 2.32. The maximum atomic E-state index is 14.2. The van der Waals surface area contributed by atoms with Crippen LogP contribution in [-0.4, -0.2) is 86.7 Å². The first-order chi connectivity index (χ1) is 26.1. The molecule has 2 fully saturated rings. The quantitative estimate of drug-likeness (QED) is 0.196. The molecule has 2 aliphatic heterocycles. The van der Waals surface area contributed by atoms with E-state index in [1.807, 2.05) is 0 Å². The third kappa shape index (κ3) is 10.6. The van der Waals surface area contributed by atoms with E-state index in [1.54, 1.807) is 60.7 Å². The van der Waals surface area contributed by atoms with Gasteiger partial charge in [-0.2, -0.15) is 8.61 Å². The number of anilines is 2. The van der Waals surface area contributed by atoms with Crippen molar-refractivity contribution < 1.29 is 49.8 Å². The SMILES string of the molecule is CC(=O)OC1CCN(S(=O)(=O)c2ccc(F)c(C(=O)Nc3ccccc3)c2)CC1.O=C(Nc1ccccc1)c1cc(S(=O)(=O)N2CCC(O)CC2)ccc1F. The molecule has 4 aromatic rings. The second kappa shape index (κ2) is 18.0. The van der Waals surface area contributed by atoms with Gasteiger partial charge in [0.25, 0.3) is 11.8 Å². The van der Waals surface area contributed by atoms with Gasteiger partial charge in [-0.3, -0.25) is 14.4 Å². The molecule has 0 unspecified atom stereocenters. The molecule has 292 valence electrons. The summed E-state index contributed by atoms with van der Waals surface area (Å²) in [5.41, 5.74) is 0.254.